The number of para-hydroxylation sites is 1. The molecule has 1 aromatic carbocycles. The number of benzene rings is 1. The second kappa shape index (κ2) is 4.28. The summed E-state index contributed by atoms with van der Waals surface area (Å²) in [6, 6.07) is 12.1. The van der Waals surface area contributed by atoms with Gasteiger partial charge in [0.2, 0.25) is 0 Å². The number of hydrogen-bond donors (Lipinski definition) is 0. The van der Waals surface area contributed by atoms with Crippen LogP contribution in [0.25, 0.3) is 10.9 Å². The molecule has 86 valence electrons. The van der Waals surface area contributed by atoms with E-state index in [0.29, 0.717) is 5.78 Å². The van der Waals surface area contributed by atoms with Gasteiger partial charge >= 0.3 is 0 Å². The van der Waals surface area contributed by atoms with E-state index in [1.54, 1.807) is 0 Å². The number of carbonyl (C=O) groups excluding carboxylic acids is 1. The zero-order chi connectivity index (χ0) is 11.7. The van der Waals surface area contributed by atoms with Crippen molar-refractivity contribution < 1.29 is 4.79 Å². The molecule has 1 fully saturated rings. The monoisotopic (exact) mass is 225 g/mol. The quantitative estimate of drug-likeness (QED) is 0.744. The molecular weight excluding hydrogens is 210 g/mol. The van der Waals surface area contributed by atoms with Crippen molar-refractivity contribution in [3.63, 3.8) is 0 Å². The Balaban J connectivity index is 2.02. The predicted octanol–water partition coefficient (Wildman–Crippen LogP) is 3.46. The molecule has 0 aliphatic heterocycles. The fourth-order valence-electron chi connectivity index (χ4n) is 2.57. The summed E-state index contributed by atoms with van der Waals surface area (Å²) in [5.41, 5.74) is 1.94. The standard InChI is InChI=1S/C15H15NO/c17-15-8-4-2-6-12(15)14-10-9-11-5-1-3-7-13(11)16-14/h1,3,5,7,9-10,12H,2,4,6,8H2. The smallest absolute Gasteiger partial charge is 0.141 e. The highest BCUT2D eigenvalue weighted by Gasteiger charge is 2.24. The molecule has 0 N–H and O–H groups in total. The van der Waals surface area contributed by atoms with E-state index in [1.807, 2.05) is 24.3 Å². The van der Waals surface area contributed by atoms with Crippen LogP contribution in [0.1, 0.15) is 37.3 Å². The van der Waals surface area contributed by atoms with E-state index in [0.717, 1.165) is 42.3 Å². The minimum absolute atomic E-state index is 0.0355. The number of hydrogen-bond acceptors (Lipinski definition) is 2. The van der Waals surface area contributed by atoms with Gasteiger partial charge in [-0.15, -0.1) is 0 Å². The number of aromatic nitrogens is 1. The van der Waals surface area contributed by atoms with Crippen molar-refractivity contribution in [1.82, 2.24) is 4.98 Å². The maximum absolute atomic E-state index is 11.9. The number of Topliss-reactive ketones (excluding diaryl/α,β-unsaturated/α-hetero) is 1. The summed E-state index contributed by atoms with van der Waals surface area (Å²) < 4.78 is 0. The topological polar surface area (TPSA) is 30.0 Å². The molecule has 0 saturated heterocycles. The normalized spacial score (nSPS) is 20.7. The number of fused-ring (bicyclic) bond motifs is 1. The average Bonchev–Trinajstić information content (AvgIpc) is 2.39. The van der Waals surface area contributed by atoms with E-state index in [4.69, 9.17) is 0 Å². The van der Waals surface area contributed by atoms with Crippen molar-refractivity contribution in [3.05, 3.63) is 42.1 Å². The second-order valence-electron chi connectivity index (χ2n) is 4.69. The minimum atomic E-state index is 0.0355. The van der Waals surface area contributed by atoms with Gasteiger partial charge in [0.1, 0.15) is 5.78 Å². The number of carbonyl (C=O) groups is 1. The zero-order valence-electron chi connectivity index (χ0n) is 9.73. The molecule has 1 unspecified atom stereocenters. The van der Waals surface area contributed by atoms with Crippen LogP contribution in [0.15, 0.2) is 36.4 Å². The van der Waals surface area contributed by atoms with Crippen LogP contribution in [0.4, 0.5) is 0 Å². The van der Waals surface area contributed by atoms with Crippen LogP contribution in [-0.4, -0.2) is 10.8 Å². The lowest BCUT2D eigenvalue weighted by molar-refractivity contribution is -0.121. The number of rotatable bonds is 1. The molecule has 1 aliphatic carbocycles. The predicted molar refractivity (Wildman–Crippen MR) is 68.0 cm³/mol. The molecule has 2 aromatic rings. The Morgan fingerprint density at radius 2 is 1.94 bits per heavy atom. The molecular formula is C15H15NO. The Morgan fingerprint density at radius 3 is 2.82 bits per heavy atom. The molecule has 3 rings (SSSR count). The molecule has 1 aliphatic rings. The summed E-state index contributed by atoms with van der Waals surface area (Å²) in [6.07, 6.45) is 3.87. The van der Waals surface area contributed by atoms with E-state index in [1.165, 1.54) is 0 Å². The first-order valence-electron chi connectivity index (χ1n) is 6.23. The van der Waals surface area contributed by atoms with Gasteiger partial charge in [-0.25, -0.2) is 0 Å². The van der Waals surface area contributed by atoms with Crippen molar-refractivity contribution in [2.24, 2.45) is 0 Å². The van der Waals surface area contributed by atoms with Crippen molar-refractivity contribution in [2.45, 2.75) is 31.6 Å². The molecule has 1 saturated carbocycles. The highest BCUT2D eigenvalue weighted by molar-refractivity contribution is 5.87. The molecule has 2 nitrogen and oxygen atoms in total. The van der Waals surface area contributed by atoms with E-state index < -0.39 is 0 Å². The third kappa shape index (κ3) is 1.95. The second-order valence-corrected chi connectivity index (χ2v) is 4.69. The molecule has 1 aromatic heterocycles. The third-order valence-electron chi connectivity index (χ3n) is 3.53. The zero-order valence-corrected chi connectivity index (χ0v) is 9.73. The summed E-state index contributed by atoms with van der Waals surface area (Å²) in [7, 11) is 0. The Labute approximate surface area is 101 Å². The van der Waals surface area contributed by atoms with Crippen LogP contribution < -0.4 is 0 Å². The van der Waals surface area contributed by atoms with Crippen LogP contribution in [0.2, 0.25) is 0 Å². The largest absolute Gasteiger partial charge is 0.299 e. The van der Waals surface area contributed by atoms with E-state index in [9.17, 15) is 4.79 Å². The van der Waals surface area contributed by atoms with Crippen LogP contribution in [0.5, 0.6) is 0 Å². The van der Waals surface area contributed by atoms with Gasteiger partial charge in [-0.3, -0.25) is 9.78 Å². The maximum Gasteiger partial charge on any atom is 0.141 e. The highest BCUT2D eigenvalue weighted by Crippen LogP contribution is 2.29. The van der Waals surface area contributed by atoms with Crippen LogP contribution in [-0.2, 0) is 4.79 Å². The van der Waals surface area contributed by atoms with Gasteiger partial charge in [-0.05, 0) is 25.0 Å². The van der Waals surface area contributed by atoms with E-state index in [2.05, 4.69) is 17.1 Å². The van der Waals surface area contributed by atoms with Crippen LogP contribution >= 0.6 is 0 Å². The molecule has 17 heavy (non-hydrogen) atoms. The number of ketones is 1. The SMILES string of the molecule is O=C1CCCCC1c1ccc2ccccc2n1. The summed E-state index contributed by atoms with van der Waals surface area (Å²) >= 11 is 0. The van der Waals surface area contributed by atoms with E-state index in [-0.39, 0.29) is 5.92 Å². The Bertz CT molecular complexity index is 562. The van der Waals surface area contributed by atoms with Gasteiger partial charge in [0.15, 0.2) is 0 Å². The lowest BCUT2D eigenvalue weighted by Crippen LogP contribution is -2.18. The molecule has 0 amide bonds. The molecule has 2 heteroatoms. The Hall–Kier alpha value is -1.70. The Morgan fingerprint density at radius 1 is 1.06 bits per heavy atom. The molecule has 0 radical (unpaired) electrons. The summed E-state index contributed by atoms with van der Waals surface area (Å²) in [6.45, 7) is 0. The minimum Gasteiger partial charge on any atom is -0.299 e. The van der Waals surface area contributed by atoms with Gasteiger partial charge in [-0.1, -0.05) is 30.7 Å². The van der Waals surface area contributed by atoms with Crippen LogP contribution in [0.3, 0.4) is 0 Å². The lowest BCUT2D eigenvalue weighted by Gasteiger charge is -2.20. The van der Waals surface area contributed by atoms with Gasteiger partial charge in [0.25, 0.3) is 0 Å². The number of pyridine rings is 1. The molecule has 0 spiro atoms. The van der Waals surface area contributed by atoms with Gasteiger partial charge in [-0.2, -0.15) is 0 Å². The van der Waals surface area contributed by atoms with Crippen molar-refractivity contribution in [1.29, 1.82) is 0 Å². The van der Waals surface area contributed by atoms with Crippen molar-refractivity contribution >= 4 is 16.7 Å². The number of nitrogens with zero attached hydrogens (tertiary/aromatic N) is 1. The summed E-state index contributed by atoms with van der Waals surface area (Å²) in [5.74, 6) is 0.396. The first kappa shape index (κ1) is 10.5. The van der Waals surface area contributed by atoms with Crippen molar-refractivity contribution in [2.75, 3.05) is 0 Å². The van der Waals surface area contributed by atoms with Crippen molar-refractivity contribution in [3.8, 4) is 0 Å². The average molecular weight is 225 g/mol. The molecule has 1 heterocycles. The van der Waals surface area contributed by atoms with Gasteiger partial charge in [0.05, 0.1) is 17.1 Å². The third-order valence-corrected chi connectivity index (χ3v) is 3.53. The maximum atomic E-state index is 11.9. The first-order chi connectivity index (χ1) is 8.34. The van der Waals surface area contributed by atoms with E-state index >= 15 is 0 Å². The first-order valence-corrected chi connectivity index (χ1v) is 6.23. The summed E-state index contributed by atoms with van der Waals surface area (Å²) in [5, 5.41) is 1.14. The highest BCUT2D eigenvalue weighted by atomic mass is 16.1. The van der Waals surface area contributed by atoms with Crippen LogP contribution in [0, 0.1) is 0 Å². The Kier molecular flexibility index (Phi) is 2.63. The fraction of sp³-hybridized carbons (Fsp3) is 0.333. The van der Waals surface area contributed by atoms with Gasteiger partial charge < -0.3 is 0 Å². The fourth-order valence-corrected chi connectivity index (χ4v) is 2.57. The summed E-state index contributed by atoms with van der Waals surface area (Å²) in [4.78, 5) is 16.5. The lowest BCUT2D eigenvalue weighted by atomic mass is 9.85. The molecule has 1 atom stereocenters. The molecule has 0 bridgehead atoms. The van der Waals surface area contributed by atoms with Gasteiger partial charge in [0, 0.05) is 11.8 Å².